The number of benzene rings is 1. The first-order valence-corrected chi connectivity index (χ1v) is 10.6. The number of hydrogen-bond donors (Lipinski definition) is 0. The molecule has 6 heteroatoms. The molecule has 4 rings (SSSR count). The van der Waals surface area contributed by atoms with Gasteiger partial charge in [-0.3, -0.25) is 19.5 Å². The number of carbonyl (C=O) groups is 2. The maximum atomic E-state index is 13.4. The van der Waals surface area contributed by atoms with E-state index < -0.39 is 0 Å². The number of pyridine rings is 1. The zero-order valence-corrected chi connectivity index (χ0v) is 17.5. The first-order valence-electron chi connectivity index (χ1n) is 10.6. The zero-order chi connectivity index (χ0) is 21.1. The molecular weight excluding hydrogens is 378 g/mol. The van der Waals surface area contributed by atoms with E-state index in [0.717, 1.165) is 42.8 Å². The van der Waals surface area contributed by atoms with E-state index >= 15 is 0 Å². The predicted molar refractivity (Wildman–Crippen MR) is 114 cm³/mol. The molecule has 0 N–H and O–H groups in total. The second-order valence-electron chi connectivity index (χ2n) is 7.93. The molecule has 2 aliphatic heterocycles. The number of aromatic nitrogens is 1. The van der Waals surface area contributed by atoms with Gasteiger partial charge in [-0.1, -0.05) is 25.1 Å². The average Bonchev–Trinajstić information content (AvgIpc) is 3.00. The number of likely N-dealkylation sites (tertiary alicyclic amines) is 1. The molecule has 1 aromatic heterocycles. The zero-order valence-electron chi connectivity index (χ0n) is 17.5. The SMILES string of the molecule is CCOc1ccc(C2=C(N3CCCC(C)C3)C(=O)N(Cc3cccnc3)C2=O)cc1. The maximum Gasteiger partial charge on any atom is 0.278 e. The molecule has 1 unspecified atom stereocenters. The van der Waals surface area contributed by atoms with E-state index in [1.54, 1.807) is 12.4 Å². The maximum absolute atomic E-state index is 13.4. The van der Waals surface area contributed by atoms with Crippen molar-refractivity contribution >= 4 is 17.4 Å². The van der Waals surface area contributed by atoms with E-state index in [0.29, 0.717) is 23.8 Å². The fourth-order valence-corrected chi connectivity index (χ4v) is 4.21. The summed E-state index contributed by atoms with van der Waals surface area (Å²) in [6, 6.07) is 11.1. The molecule has 156 valence electrons. The third kappa shape index (κ3) is 3.95. The van der Waals surface area contributed by atoms with Gasteiger partial charge < -0.3 is 9.64 Å². The molecular formula is C24H27N3O3. The molecule has 2 aromatic rings. The third-order valence-corrected chi connectivity index (χ3v) is 5.63. The van der Waals surface area contributed by atoms with Crippen LogP contribution in [-0.4, -0.2) is 46.3 Å². The molecule has 0 radical (unpaired) electrons. The van der Waals surface area contributed by atoms with Crippen molar-refractivity contribution in [3.8, 4) is 5.75 Å². The first-order chi connectivity index (χ1) is 14.6. The fourth-order valence-electron chi connectivity index (χ4n) is 4.21. The number of carbonyl (C=O) groups excluding carboxylic acids is 2. The monoisotopic (exact) mass is 405 g/mol. The Balaban J connectivity index is 1.72. The van der Waals surface area contributed by atoms with Crippen LogP contribution in [0.3, 0.4) is 0 Å². The van der Waals surface area contributed by atoms with Gasteiger partial charge in [0.05, 0.1) is 18.7 Å². The van der Waals surface area contributed by atoms with Gasteiger partial charge in [-0.2, -0.15) is 0 Å². The highest BCUT2D eigenvalue weighted by molar-refractivity contribution is 6.35. The largest absolute Gasteiger partial charge is 0.494 e. The number of imide groups is 1. The number of amides is 2. The summed E-state index contributed by atoms with van der Waals surface area (Å²) in [5, 5.41) is 0. The van der Waals surface area contributed by atoms with Gasteiger partial charge in [0.25, 0.3) is 11.8 Å². The Labute approximate surface area is 177 Å². The van der Waals surface area contributed by atoms with E-state index in [2.05, 4.69) is 16.8 Å². The molecule has 0 spiro atoms. The highest BCUT2D eigenvalue weighted by Crippen LogP contribution is 2.35. The van der Waals surface area contributed by atoms with Crippen LogP contribution in [-0.2, 0) is 16.1 Å². The van der Waals surface area contributed by atoms with Crippen molar-refractivity contribution in [3.63, 3.8) is 0 Å². The number of nitrogens with zero attached hydrogens (tertiary/aromatic N) is 3. The van der Waals surface area contributed by atoms with Crippen molar-refractivity contribution in [3.05, 3.63) is 65.6 Å². The van der Waals surface area contributed by atoms with Gasteiger partial charge >= 0.3 is 0 Å². The predicted octanol–water partition coefficient (Wildman–Crippen LogP) is 3.49. The standard InChI is InChI=1S/C24H27N3O3/c1-3-30-20-10-8-19(9-11-20)21-22(26-13-5-6-17(2)15-26)24(29)27(23(21)28)16-18-7-4-12-25-14-18/h4,7-12,14,17H,3,5-6,13,15-16H2,1-2H3. The van der Waals surface area contributed by atoms with Crippen LogP contribution in [0, 0.1) is 5.92 Å². The molecule has 6 nitrogen and oxygen atoms in total. The first kappa shape index (κ1) is 20.1. The Kier molecular flexibility index (Phi) is 5.84. The number of ether oxygens (including phenoxy) is 1. The van der Waals surface area contributed by atoms with Crippen molar-refractivity contribution in [2.24, 2.45) is 5.92 Å². The van der Waals surface area contributed by atoms with Crippen LogP contribution in [0.4, 0.5) is 0 Å². The van der Waals surface area contributed by atoms with Crippen LogP contribution in [0.1, 0.15) is 37.8 Å². The van der Waals surface area contributed by atoms with Crippen molar-refractivity contribution in [1.29, 1.82) is 0 Å². The highest BCUT2D eigenvalue weighted by atomic mass is 16.5. The van der Waals surface area contributed by atoms with E-state index in [-0.39, 0.29) is 18.4 Å². The van der Waals surface area contributed by atoms with E-state index in [1.807, 2.05) is 43.3 Å². The minimum atomic E-state index is -0.249. The van der Waals surface area contributed by atoms with Crippen molar-refractivity contribution in [2.75, 3.05) is 19.7 Å². The molecule has 2 amide bonds. The summed E-state index contributed by atoms with van der Waals surface area (Å²) in [4.78, 5) is 34.4. The quantitative estimate of drug-likeness (QED) is 0.689. The number of hydrogen-bond acceptors (Lipinski definition) is 5. The fraction of sp³-hybridized carbons (Fsp3) is 0.375. The van der Waals surface area contributed by atoms with E-state index in [9.17, 15) is 9.59 Å². The van der Waals surface area contributed by atoms with Crippen LogP contribution < -0.4 is 4.74 Å². The topological polar surface area (TPSA) is 62.7 Å². The van der Waals surface area contributed by atoms with Gasteiger partial charge in [-0.15, -0.1) is 0 Å². The van der Waals surface area contributed by atoms with Crippen LogP contribution in [0.15, 0.2) is 54.5 Å². The van der Waals surface area contributed by atoms with Crippen molar-refractivity contribution < 1.29 is 14.3 Å². The van der Waals surface area contributed by atoms with Gasteiger partial charge in [0.1, 0.15) is 11.4 Å². The molecule has 1 saturated heterocycles. The second kappa shape index (κ2) is 8.69. The molecule has 30 heavy (non-hydrogen) atoms. The normalized spacial score (nSPS) is 19.6. The van der Waals surface area contributed by atoms with Crippen LogP contribution in [0.2, 0.25) is 0 Å². The summed E-state index contributed by atoms with van der Waals surface area (Å²) in [6.45, 7) is 6.50. The molecule has 1 fully saturated rings. The summed E-state index contributed by atoms with van der Waals surface area (Å²) in [6.07, 6.45) is 5.54. The van der Waals surface area contributed by atoms with Gasteiger partial charge in [-0.05, 0) is 55.0 Å². The van der Waals surface area contributed by atoms with Crippen LogP contribution >= 0.6 is 0 Å². The number of piperidine rings is 1. The summed E-state index contributed by atoms with van der Waals surface area (Å²) in [5.74, 6) is 0.769. The molecule has 1 aromatic carbocycles. The van der Waals surface area contributed by atoms with Gasteiger partial charge in [0.15, 0.2) is 0 Å². The molecule has 0 bridgehead atoms. The van der Waals surface area contributed by atoms with Gasteiger partial charge in [0.2, 0.25) is 0 Å². The minimum Gasteiger partial charge on any atom is -0.494 e. The smallest absolute Gasteiger partial charge is 0.278 e. The number of rotatable bonds is 6. The van der Waals surface area contributed by atoms with Crippen molar-refractivity contribution in [1.82, 2.24) is 14.8 Å². The highest BCUT2D eigenvalue weighted by Gasteiger charge is 2.42. The average molecular weight is 405 g/mol. The van der Waals surface area contributed by atoms with Crippen molar-refractivity contribution in [2.45, 2.75) is 33.2 Å². The minimum absolute atomic E-state index is 0.221. The lowest BCUT2D eigenvalue weighted by atomic mass is 9.97. The van der Waals surface area contributed by atoms with Crippen LogP contribution in [0.5, 0.6) is 5.75 Å². The summed E-state index contributed by atoms with van der Waals surface area (Å²) in [7, 11) is 0. The second-order valence-corrected chi connectivity index (χ2v) is 7.93. The van der Waals surface area contributed by atoms with E-state index in [4.69, 9.17) is 4.74 Å². The van der Waals surface area contributed by atoms with E-state index in [1.165, 1.54) is 4.90 Å². The summed E-state index contributed by atoms with van der Waals surface area (Å²) < 4.78 is 5.53. The molecule has 2 aliphatic rings. The Morgan fingerprint density at radius 1 is 1.13 bits per heavy atom. The lowest BCUT2D eigenvalue weighted by molar-refractivity contribution is -0.138. The lowest BCUT2D eigenvalue weighted by Crippen LogP contribution is -2.39. The Morgan fingerprint density at radius 2 is 1.93 bits per heavy atom. The van der Waals surface area contributed by atoms with Crippen LogP contribution in [0.25, 0.3) is 5.57 Å². The molecule has 0 aliphatic carbocycles. The summed E-state index contributed by atoms with van der Waals surface area (Å²) in [5.41, 5.74) is 2.60. The third-order valence-electron chi connectivity index (χ3n) is 5.63. The molecule has 0 saturated carbocycles. The molecule has 3 heterocycles. The van der Waals surface area contributed by atoms with Gasteiger partial charge in [0, 0.05) is 25.5 Å². The Morgan fingerprint density at radius 3 is 2.60 bits per heavy atom. The Bertz CT molecular complexity index is 953. The Hall–Kier alpha value is -3.15. The lowest BCUT2D eigenvalue weighted by Gasteiger charge is -2.33. The molecule has 1 atom stereocenters. The summed E-state index contributed by atoms with van der Waals surface area (Å²) >= 11 is 0. The van der Waals surface area contributed by atoms with Gasteiger partial charge in [-0.25, -0.2) is 0 Å².